The Morgan fingerprint density at radius 3 is 2.63 bits per heavy atom. The monoisotopic (exact) mass is 627 g/mol. The van der Waals surface area contributed by atoms with Gasteiger partial charge in [0.15, 0.2) is 0 Å². The van der Waals surface area contributed by atoms with Gasteiger partial charge in [0.05, 0.1) is 22.7 Å². The van der Waals surface area contributed by atoms with E-state index in [1.54, 1.807) is 18.2 Å². The molecule has 4 aliphatic carbocycles. The molecule has 3 aromatic rings. The summed E-state index contributed by atoms with van der Waals surface area (Å²) in [6.45, 7) is 8.65. The van der Waals surface area contributed by atoms with Crippen molar-refractivity contribution in [3.05, 3.63) is 75.5 Å². The lowest BCUT2D eigenvalue weighted by atomic mass is 9.44. The van der Waals surface area contributed by atoms with Gasteiger partial charge in [-0.05, 0) is 122 Å². The third kappa shape index (κ3) is 5.61. The molecule has 1 heterocycles. The van der Waals surface area contributed by atoms with E-state index in [0.29, 0.717) is 42.5 Å². The van der Waals surface area contributed by atoms with Gasteiger partial charge in [0.2, 0.25) is 0 Å². The number of carbonyl (C=O) groups is 1. The van der Waals surface area contributed by atoms with Gasteiger partial charge in [0.1, 0.15) is 5.82 Å². The van der Waals surface area contributed by atoms with Crippen LogP contribution in [0.25, 0.3) is 10.8 Å². The Bertz CT molecular complexity index is 1650. The molecule has 0 unspecified atom stereocenters. The first-order valence-electron chi connectivity index (χ1n) is 17.8. The molecule has 7 rings (SSSR count). The molecule has 46 heavy (non-hydrogen) atoms. The van der Waals surface area contributed by atoms with Crippen molar-refractivity contribution in [3.8, 4) is 0 Å². The highest BCUT2D eigenvalue weighted by Crippen LogP contribution is 2.66. The number of rotatable bonds is 8. The van der Waals surface area contributed by atoms with Crippen LogP contribution in [0.1, 0.15) is 107 Å². The first kappa shape index (κ1) is 31.5. The van der Waals surface area contributed by atoms with Gasteiger partial charge in [-0.2, -0.15) is 5.10 Å². The summed E-state index contributed by atoms with van der Waals surface area (Å²) in [4.78, 5) is 25.2. The van der Waals surface area contributed by atoms with Crippen LogP contribution in [0.2, 0.25) is 0 Å². The Hall–Kier alpha value is -3.06. The van der Waals surface area contributed by atoms with E-state index in [1.165, 1.54) is 57.4 Å². The first-order chi connectivity index (χ1) is 22.2. The van der Waals surface area contributed by atoms with Gasteiger partial charge >= 0.3 is 0 Å². The third-order valence-corrected chi connectivity index (χ3v) is 13.2. The number of H-pyrrole nitrogens is 1. The van der Waals surface area contributed by atoms with Crippen LogP contribution in [0.15, 0.2) is 47.3 Å². The highest BCUT2D eigenvalue weighted by atomic mass is 19.1. The molecule has 2 aromatic carbocycles. The smallest absolute Gasteiger partial charge is 0.272 e. The largest absolute Gasteiger partial charge is 0.378 e. The summed E-state index contributed by atoms with van der Waals surface area (Å²) in [6, 6.07) is 11.8. The Kier molecular flexibility index (Phi) is 8.58. The predicted molar refractivity (Wildman–Crippen MR) is 179 cm³/mol. The summed E-state index contributed by atoms with van der Waals surface area (Å²) in [5.41, 5.74) is 1.99. The molecule has 246 valence electrons. The molecule has 1 aromatic heterocycles. The zero-order chi connectivity index (χ0) is 32.1. The van der Waals surface area contributed by atoms with E-state index in [2.05, 4.69) is 36.3 Å². The van der Waals surface area contributed by atoms with Crippen LogP contribution in [0, 0.1) is 46.2 Å². The maximum absolute atomic E-state index is 14.7. The second kappa shape index (κ2) is 12.5. The maximum Gasteiger partial charge on any atom is 0.272 e. The highest BCUT2D eigenvalue weighted by molar-refractivity contribution is 5.94. The number of aromatic nitrogens is 2. The first-order valence-corrected chi connectivity index (χ1v) is 17.8. The number of benzene rings is 2. The van der Waals surface area contributed by atoms with Crippen LogP contribution in [-0.2, 0) is 11.2 Å². The normalized spacial score (nSPS) is 33.7. The van der Waals surface area contributed by atoms with Crippen LogP contribution < -0.4 is 10.9 Å². The number of halogens is 1. The molecular formula is C39H50FN3O3. The average molecular weight is 628 g/mol. The molecule has 4 fully saturated rings. The van der Waals surface area contributed by atoms with Gasteiger partial charge in [0, 0.05) is 25.0 Å². The van der Waals surface area contributed by atoms with Crippen molar-refractivity contribution in [1.29, 1.82) is 0 Å². The molecule has 0 bridgehead atoms. The van der Waals surface area contributed by atoms with Crippen LogP contribution in [-0.4, -0.2) is 35.4 Å². The van der Waals surface area contributed by atoms with Crippen molar-refractivity contribution in [2.75, 3.05) is 13.2 Å². The van der Waals surface area contributed by atoms with Crippen molar-refractivity contribution in [1.82, 2.24) is 15.5 Å². The van der Waals surface area contributed by atoms with E-state index in [-0.39, 0.29) is 22.6 Å². The van der Waals surface area contributed by atoms with Crippen molar-refractivity contribution in [2.24, 2.45) is 40.4 Å². The van der Waals surface area contributed by atoms with E-state index in [9.17, 15) is 14.0 Å². The molecule has 0 aliphatic heterocycles. The lowest BCUT2D eigenvalue weighted by molar-refractivity contribution is -0.134. The Morgan fingerprint density at radius 2 is 1.78 bits per heavy atom. The number of ether oxygens (including phenoxy) is 1. The van der Waals surface area contributed by atoms with Crippen LogP contribution in [0.3, 0.4) is 0 Å². The Morgan fingerprint density at radius 1 is 1.00 bits per heavy atom. The topological polar surface area (TPSA) is 84.1 Å². The number of fused-ring (bicyclic) bond motifs is 6. The molecule has 1 amide bonds. The fourth-order valence-electron chi connectivity index (χ4n) is 10.6. The van der Waals surface area contributed by atoms with E-state index >= 15 is 0 Å². The summed E-state index contributed by atoms with van der Waals surface area (Å²) in [5, 5.41) is 11.0. The summed E-state index contributed by atoms with van der Waals surface area (Å²) < 4.78 is 21.3. The molecule has 0 spiro atoms. The van der Waals surface area contributed by atoms with Crippen molar-refractivity contribution >= 4 is 16.7 Å². The minimum atomic E-state index is -0.553. The van der Waals surface area contributed by atoms with Crippen LogP contribution in [0.4, 0.5) is 4.39 Å². The van der Waals surface area contributed by atoms with Crippen LogP contribution in [0.5, 0.6) is 0 Å². The molecule has 6 nitrogen and oxygen atoms in total. The molecule has 2 N–H and O–H groups in total. The summed E-state index contributed by atoms with van der Waals surface area (Å²) in [5.74, 6) is 3.35. The average Bonchev–Trinajstić information content (AvgIpc) is 3.39. The molecule has 4 aliphatic rings. The quantitative estimate of drug-likeness (QED) is 0.249. The maximum atomic E-state index is 14.7. The number of amides is 1. The van der Waals surface area contributed by atoms with E-state index < -0.39 is 11.7 Å². The van der Waals surface area contributed by atoms with Gasteiger partial charge in [0.25, 0.3) is 11.5 Å². The zero-order valence-corrected chi connectivity index (χ0v) is 27.7. The second-order valence-corrected chi connectivity index (χ2v) is 15.7. The number of hydrogen-bond acceptors (Lipinski definition) is 4. The molecular weight excluding hydrogens is 577 g/mol. The Balaban J connectivity index is 0.918. The summed E-state index contributed by atoms with van der Waals surface area (Å²) in [7, 11) is 0. The SMILES string of the molecule is C[C@H]1CC[C@@]2(C)[C@@H](CC[C@@H]3[C@@H]2CC[C@]2(C)[C@@H](OCCCNC(=O)c4cc(Cc5n[nH]c(=O)c6ccccc56)ccc4F)CC[C@@H]32)C1. The lowest BCUT2D eigenvalue weighted by Gasteiger charge is -2.61. The van der Waals surface area contributed by atoms with Crippen molar-refractivity contribution in [3.63, 3.8) is 0 Å². The minimum Gasteiger partial charge on any atom is -0.378 e. The molecule has 4 saturated carbocycles. The zero-order valence-electron chi connectivity index (χ0n) is 27.7. The number of nitrogens with one attached hydrogen (secondary N) is 2. The number of hydrogen-bond donors (Lipinski definition) is 2. The lowest BCUT2D eigenvalue weighted by Crippen LogP contribution is -2.54. The van der Waals surface area contributed by atoms with Crippen molar-refractivity contribution in [2.45, 2.75) is 97.5 Å². The van der Waals surface area contributed by atoms with Crippen molar-refractivity contribution < 1.29 is 13.9 Å². The van der Waals surface area contributed by atoms with E-state index in [0.717, 1.165) is 47.0 Å². The summed E-state index contributed by atoms with van der Waals surface area (Å²) in [6.07, 6.45) is 13.5. The van der Waals surface area contributed by atoms with Gasteiger partial charge in [-0.25, -0.2) is 9.49 Å². The summed E-state index contributed by atoms with van der Waals surface area (Å²) >= 11 is 0. The third-order valence-electron chi connectivity index (χ3n) is 13.2. The van der Waals surface area contributed by atoms with Gasteiger partial charge < -0.3 is 10.1 Å². The second-order valence-electron chi connectivity index (χ2n) is 15.7. The van der Waals surface area contributed by atoms with E-state index in [1.807, 2.05) is 18.2 Å². The molecule has 8 atom stereocenters. The minimum absolute atomic E-state index is 0.0193. The van der Waals surface area contributed by atoms with Gasteiger partial charge in [-0.15, -0.1) is 0 Å². The fraction of sp³-hybridized carbons (Fsp3) is 0.615. The Labute approximate surface area is 272 Å². The number of nitrogens with zero attached hydrogens (tertiary/aromatic N) is 1. The number of carbonyl (C=O) groups excluding carboxylic acids is 1. The fourth-order valence-corrected chi connectivity index (χ4v) is 10.6. The standard InChI is InChI=1S/C39H50FN3O3/c1-24-15-17-38(2)26(21-24)10-11-29-31-12-14-35(39(31,3)18-16-32(29)38)46-20-6-19-41-36(44)30-22-25(9-13-33(30)40)23-34-27-7-4-5-8-28(27)37(45)43-42-34/h4-5,7-9,13,22,24,26,29,31-32,35H,6,10-12,14-21,23H2,1-3H3,(H,41,44)(H,43,45)/t24-,26-,29-,31-,32-,35-,38-,39-/m0/s1. The van der Waals surface area contributed by atoms with E-state index in [4.69, 9.17) is 4.74 Å². The van der Waals surface area contributed by atoms with Gasteiger partial charge in [-0.3, -0.25) is 9.59 Å². The van der Waals surface area contributed by atoms with Crippen LogP contribution >= 0.6 is 0 Å². The highest BCUT2D eigenvalue weighted by Gasteiger charge is 2.60. The molecule has 0 saturated heterocycles. The van der Waals surface area contributed by atoms with Gasteiger partial charge in [-0.1, -0.05) is 51.5 Å². The molecule has 7 heteroatoms. The molecule has 0 radical (unpaired) electrons. The predicted octanol–water partition coefficient (Wildman–Crippen LogP) is 7.84. The number of aromatic amines is 1.